The summed E-state index contributed by atoms with van der Waals surface area (Å²) in [5.74, 6) is -1.03. The molecule has 0 amide bonds. The Kier molecular flexibility index (Phi) is 3.26. The van der Waals surface area contributed by atoms with E-state index in [0.29, 0.717) is 18.9 Å². The summed E-state index contributed by atoms with van der Waals surface area (Å²) in [5.41, 5.74) is 0.426. The third kappa shape index (κ3) is 2.53. The van der Waals surface area contributed by atoms with Gasteiger partial charge < -0.3 is 15.2 Å². The predicted molar refractivity (Wildman–Crippen MR) is 65.9 cm³/mol. The van der Waals surface area contributed by atoms with Crippen molar-refractivity contribution in [3.05, 3.63) is 28.8 Å². The second-order valence-electron chi connectivity index (χ2n) is 4.46. The van der Waals surface area contributed by atoms with E-state index in [1.54, 1.807) is 18.2 Å². The van der Waals surface area contributed by atoms with Gasteiger partial charge in [-0.1, -0.05) is 17.7 Å². The number of benzene rings is 1. The number of carboxylic acids is 1. The van der Waals surface area contributed by atoms with Crippen molar-refractivity contribution >= 4 is 23.3 Å². The number of hydrogen-bond donors (Lipinski definition) is 2. The van der Waals surface area contributed by atoms with E-state index in [4.69, 9.17) is 21.4 Å². The van der Waals surface area contributed by atoms with Gasteiger partial charge in [0.2, 0.25) is 0 Å². The monoisotopic (exact) mass is 255 g/mol. The molecule has 2 rings (SSSR count). The van der Waals surface area contributed by atoms with Crippen LogP contribution in [0.3, 0.4) is 0 Å². The van der Waals surface area contributed by atoms with Gasteiger partial charge in [0.25, 0.3) is 0 Å². The normalized spacial score (nSPS) is 23.6. The number of halogens is 1. The minimum Gasteiger partial charge on any atom is -0.478 e. The first-order valence-corrected chi connectivity index (χ1v) is 5.77. The molecule has 0 aromatic heterocycles. The fourth-order valence-electron chi connectivity index (χ4n) is 1.94. The molecule has 0 radical (unpaired) electrons. The summed E-state index contributed by atoms with van der Waals surface area (Å²) in [5, 5.41) is 12.6. The molecule has 0 spiro atoms. The smallest absolute Gasteiger partial charge is 0.339 e. The van der Waals surface area contributed by atoms with Gasteiger partial charge in [0, 0.05) is 6.61 Å². The van der Waals surface area contributed by atoms with Crippen LogP contribution in [0.5, 0.6) is 0 Å². The van der Waals surface area contributed by atoms with E-state index in [1.165, 1.54) is 0 Å². The van der Waals surface area contributed by atoms with Crippen molar-refractivity contribution in [1.82, 2.24) is 0 Å². The second kappa shape index (κ2) is 4.55. The van der Waals surface area contributed by atoms with Crippen molar-refractivity contribution in [2.45, 2.75) is 18.9 Å². The maximum absolute atomic E-state index is 11.2. The Labute approximate surface area is 105 Å². The summed E-state index contributed by atoms with van der Waals surface area (Å²) in [4.78, 5) is 11.2. The molecule has 5 heteroatoms. The largest absolute Gasteiger partial charge is 0.478 e. The van der Waals surface area contributed by atoms with Gasteiger partial charge in [-0.2, -0.15) is 0 Å². The quantitative estimate of drug-likeness (QED) is 0.872. The highest BCUT2D eigenvalue weighted by Gasteiger charge is 2.30. The third-order valence-electron chi connectivity index (χ3n) is 2.88. The van der Waals surface area contributed by atoms with Crippen molar-refractivity contribution < 1.29 is 14.6 Å². The number of ether oxygens (including phenoxy) is 1. The van der Waals surface area contributed by atoms with Crippen LogP contribution in [0.2, 0.25) is 5.02 Å². The number of anilines is 1. The van der Waals surface area contributed by atoms with Crippen LogP contribution >= 0.6 is 11.6 Å². The van der Waals surface area contributed by atoms with Crippen LogP contribution in [0.4, 0.5) is 5.69 Å². The maximum atomic E-state index is 11.2. The molecule has 0 aliphatic carbocycles. The third-order valence-corrected chi connectivity index (χ3v) is 3.20. The zero-order valence-electron chi connectivity index (χ0n) is 9.50. The Balaban J connectivity index is 2.32. The average Bonchev–Trinajstić information content (AvgIpc) is 2.64. The van der Waals surface area contributed by atoms with Crippen LogP contribution in [0.25, 0.3) is 0 Å². The second-order valence-corrected chi connectivity index (χ2v) is 4.86. The van der Waals surface area contributed by atoms with E-state index < -0.39 is 5.97 Å². The molecule has 1 aromatic rings. The SMILES string of the molecule is CC1(Nc2cccc(Cl)c2C(=O)O)CCOC1. The molecule has 1 unspecified atom stereocenters. The molecule has 1 saturated heterocycles. The highest BCUT2D eigenvalue weighted by atomic mass is 35.5. The first-order valence-electron chi connectivity index (χ1n) is 5.40. The molecule has 1 heterocycles. The number of rotatable bonds is 3. The van der Waals surface area contributed by atoms with Crippen molar-refractivity contribution in [1.29, 1.82) is 0 Å². The summed E-state index contributed by atoms with van der Waals surface area (Å²) in [6.45, 7) is 3.26. The first-order chi connectivity index (χ1) is 8.02. The number of aromatic carboxylic acids is 1. The molecule has 1 aliphatic heterocycles. The van der Waals surface area contributed by atoms with Gasteiger partial charge in [-0.05, 0) is 25.5 Å². The molecular weight excluding hydrogens is 242 g/mol. The number of hydrogen-bond acceptors (Lipinski definition) is 3. The first kappa shape index (κ1) is 12.2. The Morgan fingerprint density at radius 2 is 2.35 bits per heavy atom. The van der Waals surface area contributed by atoms with Gasteiger partial charge in [-0.15, -0.1) is 0 Å². The topological polar surface area (TPSA) is 58.6 Å². The lowest BCUT2D eigenvalue weighted by atomic mass is 10.0. The van der Waals surface area contributed by atoms with Gasteiger partial charge in [0.1, 0.15) is 5.56 Å². The molecule has 1 aromatic carbocycles. The lowest BCUT2D eigenvalue weighted by Crippen LogP contribution is -2.35. The Morgan fingerprint density at radius 3 is 2.94 bits per heavy atom. The van der Waals surface area contributed by atoms with Crippen LogP contribution in [0, 0.1) is 0 Å². The van der Waals surface area contributed by atoms with Crippen LogP contribution < -0.4 is 5.32 Å². The number of carbonyl (C=O) groups is 1. The van der Waals surface area contributed by atoms with Crippen LogP contribution in [-0.4, -0.2) is 29.8 Å². The molecule has 4 nitrogen and oxygen atoms in total. The van der Waals surface area contributed by atoms with E-state index in [2.05, 4.69) is 5.32 Å². The van der Waals surface area contributed by atoms with Crippen molar-refractivity contribution in [2.75, 3.05) is 18.5 Å². The Hall–Kier alpha value is -1.26. The summed E-state index contributed by atoms with van der Waals surface area (Å²) in [7, 11) is 0. The molecule has 0 bridgehead atoms. The van der Waals surface area contributed by atoms with Gasteiger partial charge in [0.05, 0.1) is 22.9 Å². The highest BCUT2D eigenvalue weighted by molar-refractivity contribution is 6.34. The number of carboxylic acid groups (broad SMARTS) is 1. The summed E-state index contributed by atoms with van der Waals surface area (Å²) < 4.78 is 5.32. The zero-order chi connectivity index (χ0) is 12.5. The molecular formula is C12H14ClNO3. The lowest BCUT2D eigenvalue weighted by molar-refractivity contribution is 0.0698. The fraction of sp³-hybridized carbons (Fsp3) is 0.417. The van der Waals surface area contributed by atoms with E-state index in [1.807, 2.05) is 6.92 Å². The summed E-state index contributed by atoms with van der Waals surface area (Å²) in [6, 6.07) is 5.03. The lowest BCUT2D eigenvalue weighted by Gasteiger charge is -2.26. The molecule has 17 heavy (non-hydrogen) atoms. The van der Waals surface area contributed by atoms with Gasteiger partial charge in [-0.3, -0.25) is 0 Å². The summed E-state index contributed by atoms with van der Waals surface area (Å²) in [6.07, 6.45) is 0.846. The maximum Gasteiger partial charge on any atom is 0.339 e. The van der Waals surface area contributed by atoms with Crippen LogP contribution in [-0.2, 0) is 4.74 Å². The molecule has 92 valence electrons. The van der Waals surface area contributed by atoms with E-state index >= 15 is 0 Å². The standard InChI is InChI=1S/C12H14ClNO3/c1-12(5-6-17-7-12)14-9-4-2-3-8(13)10(9)11(15)16/h2-4,14H,5-7H2,1H3,(H,15,16). The molecule has 1 atom stereocenters. The Bertz CT molecular complexity index is 441. The minimum atomic E-state index is -1.03. The molecule has 1 aliphatic rings. The van der Waals surface area contributed by atoms with Gasteiger partial charge in [0.15, 0.2) is 0 Å². The van der Waals surface area contributed by atoms with Crippen LogP contribution in [0.1, 0.15) is 23.7 Å². The summed E-state index contributed by atoms with van der Waals surface area (Å²) >= 11 is 5.90. The predicted octanol–water partition coefficient (Wildman–Crippen LogP) is 2.63. The zero-order valence-corrected chi connectivity index (χ0v) is 10.3. The Morgan fingerprint density at radius 1 is 1.59 bits per heavy atom. The molecule has 2 N–H and O–H groups in total. The van der Waals surface area contributed by atoms with E-state index in [-0.39, 0.29) is 16.1 Å². The molecule has 0 saturated carbocycles. The van der Waals surface area contributed by atoms with E-state index in [9.17, 15) is 4.79 Å². The highest BCUT2D eigenvalue weighted by Crippen LogP contribution is 2.29. The van der Waals surface area contributed by atoms with Crippen molar-refractivity contribution in [2.24, 2.45) is 0 Å². The number of nitrogens with one attached hydrogen (secondary N) is 1. The minimum absolute atomic E-state index is 0.113. The average molecular weight is 256 g/mol. The van der Waals surface area contributed by atoms with Gasteiger partial charge in [-0.25, -0.2) is 4.79 Å². The van der Waals surface area contributed by atoms with Crippen LogP contribution in [0.15, 0.2) is 18.2 Å². The van der Waals surface area contributed by atoms with Crippen molar-refractivity contribution in [3.63, 3.8) is 0 Å². The van der Waals surface area contributed by atoms with Crippen molar-refractivity contribution in [3.8, 4) is 0 Å². The van der Waals surface area contributed by atoms with Gasteiger partial charge >= 0.3 is 5.97 Å². The fourth-order valence-corrected chi connectivity index (χ4v) is 2.19. The van der Waals surface area contributed by atoms with E-state index in [0.717, 1.165) is 6.42 Å². The molecule has 1 fully saturated rings.